The van der Waals surface area contributed by atoms with Gasteiger partial charge in [0.15, 0.2) is 0 Å². The number of rotatable bonds is 6. The molecule has 0 amide bonds. The zero-order valence-corrected chi connectivity index (χ0v) is 7.75. The van der Waals surface area contributed by atoms with Gasteiger partial charge in [-0.2, -0.15) is 0 Å². The molecule has 0 unspecified atom stereocenters. The number of alkyl halides is 1. The van der Waals surface area contributed by atoms with Crippen LogP contribution in [0.25, 0.3) is 0 Å². The highest BCUT2D eigenvalue weighted by Gasteiger charge is 1.92. The van der Waals surface area contributed by atoms with Gasteiger partial charge in [0.05, 0.1) is 0 Å². The summed E-state index contributed by atoms with van der Waals surface area (Å²) in [7, 11) is 0. The molecule has 0 heterocycles. The maximum Gasteiger partial charge on any atom is 0.0348 e. The predicted molar refractivity (Wildman–Crippen MR) is 47.7 cm³/mol. The smallest absolute Gasteiger partial charge is 0.0348 e. The van der Waals surface area contributed by atoms with Crippen LogP contribution < -0.4 is 5.32 Å². The predicted octanol–water partition coefficient (Wildman–Crippen LogP) is 2.25. The topological polar surface area (TPSA) is 12.0 Å². The van der Waals surface area contributed by atoms with E-state index in [1.165, 1.54) is 12.8 Å². The van der Waals surface area contributed by atoms with Crippen molar-refractivity contribution < 1.29 is 0 Å². The summed E-state index contributed by atoms with van der Waals surface area (Å²) in [6.07, 6.45) is 2.59. The second kappa shape index (κ2) is 7.36. The van der Waals surface area contributed by atoms with Crippen molar-refractivity contribution in [3.63, 3.8) is 0 Å². The summed E-state index contributed by atoms with van der Waals surface area (Å²) in [6.45, 7) is 6.56. The minimum absolute atomic E-state index is 0.724. The van der Waals surface area contributed by atoms with E-state index in [1.807, 2.05) is 0 Å². The van der Waals surface area contributed by atoms with Gasteiger partial charge in [-0.25, -0.2) is 0 Å². The van der Waals surface area contributed by atoms with Gasteiger partial charge in [-0.1, -0.05) is 13.8 Å². The van der Waals surface area contributed by atoms with Gasteiger partial charge in [0.25, 0.3) is 0 Å². The van der Waals surface area contributed by atoms with E-state index in [9.17, 15) is 0 Å². The summed E-state index contributed by atoms with van der Waals surface area (Å²) in [6, 6.07) is 0. The maximum absolute atomic E-state index is 5.48. The standard InChI is InChI=1S/C8H18ClN/c1-8(2)4-3-6-10-7-5-9/h8,10H,3-7H2,1-2H3. The van der Waals surface area contributed by atoms with Crippen molar-refractivity contribution in [1.82, 2.24) is 5.32 Å². The Morgan fingerprint density at radius 1 is 1.30 bits per heavy atom. The van der Waals surface area contributed by atoms with Gasteiger partial charge in [0.1, 0.15) is 0 Å². The quantitative estimate of drug-likeness (QED) is 0.468. The minimum Gasteiger partial charge on any atom is -0.316 e. The fraction of sp³-hybridized carbons (Fsp3) is 1.00. The first-order chi connectivity index (χ1) is 4.77. The summed E-state index contributed by atoms with van der Waals surface area (Å²) in [5.74, 6) is 1.56. The van der Waals surface area contributed by atoms with Crippen LogP contribution in [0.4, 0.5) is 0 Å². The summed E-state index contributed by atoms with van der Waals surface area (Å²) < 4.78 is 0. The molecule has 0 saturated heterocycles. The molecule has 62 valence electrons. The molecule has 0 aliphatic rings. The molecule has 1 N–H and O–H groups in total. The van der Waals surface area contributed by atoms with Crippen LogP contribution >= 0.6 is 11.6 Å². The largest absolute Gasteiger partial charge is 0.316 e. The van der Waals surface area contributed by atoms with Crippen molar-refractivity contribution in [2.24, 2.45) is 5.92 Å². The van der Waals surface area contributed by atoms with Crippen LogP contribution in [0.2, 0.25) is 0 Å². The normalized spacial score (nSPS) is 10.8. The Labute approximate surface area is 69.1 Å². The van der Waals surface area contributed by atoms with Crippen LogP contribution in [0, 0.1) is 5.92 Å². The van der Waals surface area contributed by atoms with Gasteiger partial charge >= 0.3 is 0 Å². The maximum atomic E-state index is 5.48. The fourth-order valence-electron chi connectivity index (χ4n) is 0.827. The SMILES string of the molecule is CC(C)CCCNCCCl. The molecule has 0 aromatic rings. The molecule has 0 spiro atoms. The van der Waals surface area contributed by atoms with Crippen LogP contribution in [0.15, 0.2) is 0 Å². The van der Waals surface area contributed by atoms with E-state index in [2.05, 4.69) is 19.2 Å². The third-order valence-electron chi connectivity index (χ3n) is 1.41. The molecular formula is C8H18ClN. The lowest BCUT2D eigenvalue weighted by molar-refractivity contribution is 0.533. The highest BCUT2D eigenvalue weighted by atomic mass is 35.5. The molecule has 1 nitrogen and oxygen atoms in total. The van der Waals surface area contributed by atoms with Crippen LogP contribution in [0.5, 0.6) is 0 Å². The molecule has 0 atom stereocenters. The molecule has 0 aromatic carbocycles. The zero-order valence-electron chi connectivity index (χ0n) is 6.99. The molecule has 0 fully saturated rings. The highest BCUT2D eigenvalue weighted by molar-refractivity contribution is 6.18. The molecule has 10 heavy (non-hydrogen) atoms. The number of hydrogen-bond donors (Lipinski definition) is 1. The van der Waals surface area contributed by atoms with Crippen molar-refractivity contribution in [1.29, 1.82) is 0 Å². The summed E-state index contributed by atoms with van der Waals surface area (Å²) in [5, 5.41) is 3.26. The van der Waals surface area contributed by atoms with Crippen molar-refractivity contribution in [2.45, 2.75) is 26.7 Å². The van der Waals surface area contributed by atoms with Gasteiger partial charge in [-0.05, 0) is 25.3 Å². The lowest BCUT2D eigenvalue weighted by Gasteiger charge is -2.04. The number of hydrogen-bond acceptors (Lipinski definition) is 1. The monoisotopic (exact) mass is 163 g/mol. The highest BCUT2D eigenvalue weighted by Crippen LogP contribution is 2.01. The lowest BCUT2D eigenvalue weighted by Crippen LogP contribution is -2.17. The molecule has 0 saturated carbocycles. The molecule has 0 radical (unpaired) electrons. The fourth-order valence-corrected chi connectivity index (χ4v) is 0.961. The van der Waals surface area contributed by atoms with Crippen LogP contribution in [-0.4, -0.2) is 19.0 Å². The Bertz CT molecular complexity index is 64.3. The van der Waals surface area contributed by atoms with E-state index in [4.69, 9.17) is 11.6 Å². The van der Waals surface area contributed by atoms with Gasteiger partial charge < -0.3 is 5.32 Å². The zero-order chi connectivity index (χ0) is 7.82. The molecule has 0 aliphatic heterocycles. The van der Waals surface area contributed by atoms with Gasteiger partial charge in [-0.3, -0.25) is 0 Å². The molecule has 0 rings (SSSR count). The Balaban J connectivity index is 2.77. The number of nitrogens with one attached hydrogen (secondary N) is 1. The Hall–Kier alpha value is 0.250. The Kier molecular flexibility index (Phi) is 7.54. The van der Waals surface area contributed by atoms with Crippen LogP contribution in [0.1, 0.15) is 26.7 Å². The van der Waals surface area contributed by atoms with Gasteiger partial charge in [0, 0.05) is 12.4 Å². The third-order valence-corrected chi connectivity index (χ3v) is 1.60. The molecule has 0 aliphatic carbocycles. The van der Waals surface area contributed by atoms with Crippen LogP contribution in [0.3, 0.4) is 0 Å². The first-order valence-electron chi connectivity index (χ1n) is 4.04. The summed E-state index contributed by atoms with van der Waals surface area (Å²) >= 11 is 5.48. The third kappa shape index (κ3) is 8.25. The Morgan fingerprint density at radius 3 is 2.50 bits per heavy atom. The van der Waals surface area contributed by atoms with Crippen molar-refractivity contribution >= 4 is 11.6 Å². The second-order valence-electron chi connectivity index (χ2n) is 2.98. The van der Waals surface area contributed by atoms with Crippen molar-refractivity contribution in [3.05, 3.63) is 0 Å². The molecule has 0 aromatic heterocycles. The van der Waals surface area contributed by atoms with E-state index >= 15 is 0 Å². The van der Waals surface area contributed by atoms with Crippen molar-refractivity contribution in [2.75, 3.05) is 19.0 Å². The van der Waals surface area contributed by atoms with E-state index in [0.29, 0.717) is 0 Å². The first-order valence-corrected chi connectivity index (χ1v) is 4.57. The molecular weight excluding hydrogens is 146 g/mol. The Morgan fingerprint density at radius 2 is 2.00 bits per heavy atom. The average Bonchev–Trinajstić information content (AvgIpc) is 1.87. The van der Waals surface area contributed by atoms with E-state index < -0.39 is 0 Å². The van der Waals surface area contributed by atoms with E-state index in [0.717, 1.165) is 24.9 Å². The van der Waals surface area contributed by atoms with Crippen LogP contribution in [-0.2, 0) is 0 Å². The summed E-state index contributed by atoms with van der Waals surface area (Å²) in [4.78, 5) is 0. The van der Waals surface area contributed by atoms with E-state index in [-0.39, 0.29) is 0 Å². The van der Waals surface area contributed by atoms with E-state index in [1.54, 1.807) is 0 Å². The summed E-state index contributed by atoms with van der Waals surface area (Å²) in [5.41, 5.74) is 0. The average molecular weight is 164 g/mol. The van der Waals surface area contributed by atoms with Gasteiger partial charge in [0.2, 0.25) is 0 Å². The minimum atomic E-state index is 0.724. The van der Waals surface area contributed by atoms with Gasteiger partial charge in [-0.15, -0.1) is 11.6 Å². The number of halogens is 1. The first kappa shape index (κ1) is 10.2. The molecule has 2 heteroatoms. The lowest BCUT2D eigenvalue weighted by atomic mass is 10.1. The second-order valence-corrected chi connectivity index (χ2v) is 3.35. The molecule has 0 bridgehead atoms. The van der Waals surface area contributed by atoms with Crippen molar-refractivity contribution in [3.8, 4) is 0 Å².